The smallest absolute Gasteiger partial charge is 0.259 e. The lowest BCUT2D eigenvalue weighted by Gasteiger charge is -2.08. The molecule has 28 heavy (non-hydrogen) atoms. The molecule has 0 atom stereocenters. The van der Waals surface area contributed by atoms with Crippen molar-refractivity contribution in [2.24, 2.45) is 7.05 Å². The first-order valence-corrected chi connectivity index (χ1v) is 10.1. The molecule has 3 aromatic heterocycles. The van der Waals surface area contributed by atoms with Gasteiger partial charge in [-0.25, -0.2) is 23.1 Å². The van der Waals surface area contributed by atoms with E-state index in [1.165, 1.54) is 6.20 Å². The van der Waals surface area contributed by atoms with Crippen LogP contribution in [0.25, 0.3) is 0 Å². The summed E-state index contributed by atoms with van der Waals surface area (Å²) >= 11 is 0. The number of sulfonamides is 1. The van der Waals surface area contributed by atoms with Gasteiger partial charge in [0.15, 0.2) is 10.8 Å². The van der Waals surface area contributed by atoms with Gasteiger partial charge in [0.1, 0.15) is 17.5 Å². The van der Waals surface area contributed by atoms with Crippen molar-refractivity contribution in [1.82, 2.24) is 29.5 Å². The molecule has 0 unspecified atom stereocenters. The number of pyridine rings is 1. The van der Waals surface area contributed by atoms with Gasteiger partial charge >= 0.3 is 0 Å². The third-order valence-corrected chi connectivity index (χ3v) is 5.25. The molecule has 0 saturated heterocycles. The highest BCUT2D eigenvalue weighted by molar-refractivity contribution is 7.89. The van der Waals surface area contributed by atoms with Gasteiger partial charge < -0.3 is 15.2 Å². The van der Waals surface area contributed by atoms with E-state index in [2.05, 4.69) is 35.5 Å². The number of anilines is 3. The van der Waals surface area contributed by atoms with Crippen molar-refractivity contribution in [1.29, 1.82) is 0 Å². The van der Waals surface area contributed by atoms with Crippen LogP contribution < -0.4 is 15.4 Å². The molecule has 0 aromatic carbocycles. The molecule has 3 rings (SSSR count). The zero-order valence-corrected chi connectivity index (χ0v) is 16.7. The number of aryl methyl sites for hydroxylation is 3. The Hall–Kier alpha value is -3.05. The van der Waals surface area contributed by atoms with E-state index in [9.17, 15) is 8.42 Å². The van der Waals surface area contributed by atoms with Crippen molar-refractivity contribution in [3.8, 4) is 0 Å². The first-order chi connectivity index (χ1) is 13.3. The molecule has 3 N–H and O–H groups in total. The maximum atomic E-state index is 12.2. The molecule has 0 amide bonds. The van der Waals surface area contributed by atoms with Gasteiger partial charge in [-0.2, -0.15) is 0 Å². The molecular formula is C17H22N8O2S. The fourth-order valence-corrected chi connectivity index (χ4v) is 3.34. The molecule has 0 spiro atoms. The van der Waals surface area contributed by atoms with Gasteiger partial charge in [0, 0.05) is 32.5 Å². The fraction of sp³-hybridized carbons (Fsp3) is 0.294. The van der Waals surface area contributed by atoms with E-state index in [0.29, 0.717) is 29.8 Å². The van der Waals surface area contributed by atoms with E-state index < -0.39 is 10.0 Å². The van der Waals surface area contributed by atoms with Crippen LogP contribution in [0.15, 0.2) is 41.7 Å². The zero-order chi connectivity index (χ0) is 20.1. The normalized spacial score (nSPS) is 11.4. The molecule has 0 aliphatic heterocycles. The standard InChI is InChI=1S/C17H22N8O2S/c1-12-4-5-14(19-10-12)22-16-7-6-15(23-24-16)18-8-9-20-28(26,27)17-11-25(3)13(2)21-17/h4-7,10-11,20H,8-9H2,1-3H3,(H,18,23)(H,19,22,24). The summed E-state index contributed by atoms with van der Waals surface area (Å²) in [6.07, 6.45) is 3.24. The average Bonchev–Trinajstić information content (AvgIpc) is 3.02. The number of hydrogen-bond acceptors (Lipinski definition) is 8. The number of rotatable bonds is 8. The lowest BCUT2D eigenvalue weighted by Crippen LogP contribution is -2.29. The third kappa shape index (κ3) is 5.02. The minimum atomic E-state index is -3.64. The summed E-state index contributed by atoms with van der Waals surface area (Å²) in [5.41, 5.74) is 1.07. The molecule has 10 nitrogen and oxygen atoms in total. The van der Waals surface area contributed by atoms with Gasteiger partial charge in [-0.05, 0) is 37.6 Å². The second-order valence-corrected chi connectivity index (χ2v) is 7.93. The Kier molecular flexibility index (Phi) is 5.85. The molecule has 0 aliphatic carbocycles. The number of nitrogens with one attached hydrogen (secondary N) is 3. The van der Waals surface area contributed by atoms with Gasteiger partial charge in [-0.3, -0.25) is 0 Å². The lowest BCUT2D eigenvalue weighted by molar-refractivity contribution is 0.579. The highest BCUT2D eigenvalue weighted by Gasteiger charge is 2.17. The monoisotopic (exact) mass is 402 g/mol. The second-order valence-electron chi connectivity index (χ2n) is 6.21. The Morgan fingerprint density at radius 2 is 1.71 bits per heavy atom. The van der Waals surface area contributed by atoms with Crippen molar-refractivity contribution in [2.45, 2.75) is 18.9 Å². The number of imidazole rings is 1. The SMILES string of the molecule is Cc1ccc(Nc2ccc(NCCNS(=O)(=O)c3cn(C)c(C)n3)nn2)nc1. The predicted molar refractivity (Wildman–Crippen MR) is 106 cm³/mol. The summed E-state index contributed by atoms with van der Waals surface area (Å²) in [6, 6.07) is 7.32. The number of nitrogens with zero attached hydrogens (tertiary/aromatic N) is 5. The van der Waals surface area contributed by atoms with E-state index in [4.69, 9.17) is 0 Å². The molecule has 0 saturated carbocycles. The van der Waals surface area contributed by atoms with Crippen LogP contribution in [0.2, 0.25) is 0 Å². The van der Waals surface area contributed by atoms with Crippen molar-refractivity contribution in [3.05, 3.63) is 48.0 Å². The highest BCUT2D eigenvalue weighted by Crippen LogP contribution is 2.12. The molecule has 3 aromatic rings. The van der Waals surface area contributed by atoms with Gasteiger partial charge in [-0.1, -0.05) is 6.07 Å². The topological polar surface area (TPSA) is 127 Å². The first kappa shape index (κ1) is 19.7. The second kappa shape index (κ2) is 8.31. The summed E-state index contributed by atoms with van der Waals surface area (Å²) in [6.45, 7) is 4.25. The molecule has 0 bridgehead atoms. The molecule has 3 heterocycles. The molecule has 11 heteroatoms. The van der Waals surface area contributed by atoms with Crippen molar-refractivity contribution in [2.75, 3.05) is 23.7 Å². The van der Waals surface area contributed by atoms with Gasteiger partial charge in [0.25, 0.3) is 10.0 Å². The summed E-state index contributed by atoms with van der Waals surface area (Å²) in [7, 11) is -1.89. The minimum Gasteiger partial charge on any atom is -0.367 e. The van der Waals surface area contributed by atoms with Crippen molar-refractivity contribution < 1.29 is 8.42 Å². The van der Waals surface area contributed by atoms with E-state index in [1.54, 1.807) is 36.9 Å². The Balaban J connectivity index is 1.48. The fourth-order valence-electron chi connectivity index (χ4n) is 2.27. The van der Waals surface area contributed by atoms with Crippen LogP contribution in [0.4, 0.5) is 17.5 Å². The first-order valence-electron chi connectivity index (χ1n) is 8.60. The van der Waals surface area contributed by atoms with Gasteiger partial charge in [0.05, 0.1) is 0 Å². The highest BCUT2D eigenvalue weighted by atomic mass is 32.2. The summed E-state index contributed by atoms with van der Waals surface area (Å²) in [5, 5.41) is 14.2. The molecule has 0 aliphatic rings. The zero-order valence-electron chi connectivity index (χ0n) is 15.8. The summed E-state index contributed by atoms with van der Waals surface area (Å²) in [5.74, 6) is 2.41. The minimum absolute atomic E-state index is 0.00688. The number of hydrogen-bond donors (Lipinski definition) is 3. The largest absolute Gasteiger partial charge is 0.367 e. The van der Waals surface area contributed by atoms with Crippen LogP contribution >= 0.6 is 0 Å². The maximum Gasteiger partial charge on any atom is 0.259 e. The Morgan fingerprint density at radius 3 is 2.32 bits per heavy atom. The van der Waals surface area contributed by atoms with Gasteiger partial charge in [-0.15, -0.1) is 10.2 Å². The summed E-state index contributed by atoms with van der Waals surface area (Å²) in [4.78, 5) is 8.27. The third-order valence-electron chi connectivity index (χ3n) is 3.92. The van der Waals surface area contributed by atoms with E-state index in [1.807, 2.05) is 19.1 Å². The maximum absolute atomic E-state index is 12.2. The van der Waals surface area contributed by atoms with Crippen LogP contribution in [-0.2, 0) is 17.1 Å². The molecular weight excluding hydrogens is 380 g/mol. The lowest BCUT2D eigenvalue weighted by atomic mass is 10.3. The van der Waals surface area contributed by atoms with E-state index in [0.717, 1.165) is 5.56 Å². The molecule has 0 radical (unpaired) electrons. The van der Waals surface area contributed by atoms with E-state index >= 15 is 0 Å². The Bertz CT molecular complexity index is 1010. The Labute approximate surface area is 163 Å². The van der Waals surface area contributed by atoms with Crippen LogP contribution in [-0.4, -0.2) is 46.2 Å². The average molecular weight is 402 g/mol. The van der Waals surface area contributed by atoms with Crippen LogP contribution in [0.3, 0.4) is 0 Å². The molecule has 0 fully saturated rings. The predicted octanol–water partition coefficient (Wildman–Crippen LogP) is 1.36. The van der Waals surface area contributed by atoms with Crippen LogP contribution in [0, 0.1) is 13.8 Å². The summed E-state index contributed by atoms with van der Waals surface area (Å²) < 4.78 is 28.5. The molecule has 148 valence electrons. The van der Waals surface area contributed by atoms with E-state index in [-0.39, 0.29) is 11.6 Å². The van der Waals surface area contributed by atoms with Crippen molar-refractivity contribution >= 4 is 27.5 Å². The van der Waals surface area contributed by atoms with Crippen molar-refractivity contribution in [3.63, 3.8) is 0 Å². The van der Waals surface area contributed by atoms with Crippen LogP contribution in [0.5, 0.6) is 0 Å². The quantitative estimate of drug-likeness (QED) is 0.482. The number of aromatic nitrogens is 5. The van der Waals surface area contributed by atoms with Crippen LogP contribution in [0.1, 0.15) is 11.4 Å². The Morgan fingerprint density at radius 1 is 1.00 bits per heavy atom. The van der Waals surface area contributed by atoms with Gasteiger partial charge in [0.2, 0.25) is 0 Å².